The minimum atomic E-state index is -0.578. The highest BCUT2D eigenvalue weighted by Crippen LogP contribution is 2.65. The maximum Gasteiger partial charge on any atom is 0.0755 e. The number of rotatable bonds is 7. The van der Waals surface area contributed by atoms with Gasteiger partial charge < -0.3 is 9.80 Å². The average molecular weight is 871 g/mol. The molecule has 13 rings (SSSR count). The molecule has 68 heavy (non-hydrogen) atoms. The van der Waals surface area contributed by atoms with Crippen molar-refractivity contribution in [2.45, 2.75) is 38.0 Å². The molecule has 0 bridgehead atoms. The van der Waals surface area contributed by atoms with Gasteiger partial charge in [0.2, 0.25) is 0 Å². The van der Waals surface area contributed by atoms with Gasteiger partial charge in [-0.3, -0.25) is 0 Å². The summed E-state index contributed by atoms with van der Waals surface area (Å²) in [6.45, 7) is 11.1. The summed E-state index contributed by atoms with van der Waals surface area (Å²) in [6, 6.07) is 77.3. The van der Waals surface area contributed by atoms with Crippen molar-refractivity contribution >= 4 is 39.7 Å². The topological polar surface area (TPSA) is 6.48 Å². The number of allylic oxidation sites excluding steroid dienone is 5. The molecule has 0 fully saturated rings. The van der Waals surface area contributed by atoms with E-state index >= 15 is 0 Å². The van der Waals surface area contributed by atoms with E-state index in [-0.39, 0.29) is 5.41 Å². The molecule has 2 heteroatoms. The van der Waals surface area contributed by atoms with Gasteiger partial charge in [0.25, 0.3) is 0 Å². The van der Waals surface area contributed by atoms with Crippen LogP contribution >= 0.6 is 0 Å². The Hall–Kier alpha value is -8.20. The van der Waals surface area contributed by atoms with E-state index in [0.717, 1.165) is 29.2 Å². The van der Waals surface area contributed by atoms with Crippen molar-refractivity contribution < 1.29 is 0 Å². The van der Waals surface area contributed by atoms with Gasteiger partial charge in [-0.1, -0.05) is 190 Å². The summed E-state index contributed by atoms with van der Waals surface area (Å²) in [5, 5.41) is 0. The molecule has 0 atom stereocenters. The molecule has 0 saturated heterocycles. The Morgan fingerprint density at radius 2 is 1.12 bits per heavy atom. The van der Waals surface area contributed by atoms with Gasteiger partial charge in [0.05, 0.1) is 22.5 Å². The Labute approximate surface area is 400 Å². The van der Waals surface area contributed by atoms with Crippen molar-refractivity contribution in [2.24, 2.45) is 0 Å². The molecule has 0 saturated carbocycles. The highest BCUT2D eigenvalue weighted by molar-refractivity contribution is 6.02. The van der Waals surface area contributed by atoms with Crippen LogP contribution < -0.4 is 9.80 Å². The van der Waals surface area contributed by atoms with Gasteiger partial charge in [0.1, 0.15) is 0 Å². The Bertz CT molecular complexity index is 3560. The second kappa shape index (κ2) is 15.2. The van der Waals surface area contributed by atoms with Gasteiger partial charge in [-0.15, -0.1) is 0 Å². The summed E-state index contributed by atoms with van der Waals surface area (Å²) < 4.78 is 0. The van der Waals surface area contributed by atoms with Crippen LogP contribution in [0, 0.1) is 0 Å². The zero-order valence-corrected chi connectivity index (χ0v) is 38.7. The fraction of sp³-hybridized carbons (Fsp3) is 0.0909. The molecule has 0 unspecified atom stereocenters. The Kier molecular flexibility index (Phi) is 8.95. The normalized spacial score (nSPS) is 15.1. The molecule has 4 aliphatic rings. The first-order valence-corrected chi connectivity index (χ1v) is 24.0. The summed E-state index contributed by atoms with van der Waals surface area (Å²) in [7, 11) is 0. The molecule has 2 nitrogen and oxygen atoms in total. The van der Waals surface area contributed by atoms with Crippen LogP contribution in [0.2, 0.25) is 0 Å². The highest BCUT2D eigenvalue weighted by Gasteiger charge is 2.52. The van der Waals surface area contributed by atoms with E-state index < -0.39 is 5.41 Å². The third-order valence-electron chi connectivity index (χ3n) is 15.4. The number of hydrogen-bond donors (Lipinski definition) is 0. The second-order valence-electron chi connectivity index (χ2n) is 19.1. The molecular formula is C66H50N2. The maximum atomic E-state index is 4.32. The van der Waals surface area contributed by atoms with E-state index in [4.69, 9.17) is 0 Å². The molecule has 1 heterocycles. The number of nitrogens with zero attached hydrogens (tertiary/aromatic N) is 2. The highest BCUT2D eigenvalue weighted by atomic mass is 15.2. The van der Waals surface area contributed by atoms with Crippen LogP contribution in [-0.2, 0) is 17.3 Å². The van der Waals surface area contributed by atoms with Crippen LogP contribution in [0.1, 0.15) is 65.3 Å². The van der Waals surface area contributed by atoms with Gasteiger partial charge in [-0.25, -0.2) is 0 Å². The molecule has 9 aromatic carbocycles. The number of fused-ring (bicyclic) bond motifs is 13. The minimum absolute atomic E-state index is 0.238. The molecule has 1 spiro atoms. The van der Waals surface area contributed by atoms with Crippen LogP contribution in [0.25, 0.3) is 39.0 Å². The van der Waals surface area contributed by atoms with Gasteiger partial charge >= 0.3 is 0 Å². The number of para-hydroxylation sites is 3. The van der Waals surface area contributed by atoms with Crippen LogP contribution in [0.5, 0.6) is 0 Å². The average Bonchev–Trinajstić information content (AvgIpc) is 3.98. The monoisotopic (exact) mass is 870 g/mol. The van der Waals surface area contributed by atoms with Crippen LogP contribution in [0.3, 0.4) is 0 Å². The van der Waals surface area contributed by atoms with E-state index in [1.807, 2.05) is 0 Å². The fourth-order valence-corrected chi connectivity index (χ4v) is 12.6. The molecule has 0 radical (unpaired) electrons. The van der Waals surface area contributed by atoms with Gasteiger partial charge in [-0.05, 0) is 151 Å². The first-order valence-electron chi connectivity index (χ1n) is 24.0. The Morgan fingerprint density at radius 1 is 0.515 bits per heavy atom. The molecular weight excluding hydrogens is 821 g/mol. The number of anilines is 6. The van der Waals surface area contributed by atoms with Crippen LogP contribution in [0.15, 0.2) is 237 Å². The molecule has 3 aliphatic carbocycles. The summed E-state index contributed by atoms with van der Waals surface area (Å²) in [6.07, 6.45) is 7.40. The molecule has 0 N–H and O–H groups in total. The van der Waals surface area contributed by atoms with Crippen LogP contribution in [-0.4, -0.2) is 0 Å². The lowest BCUT2D eigenvalue weighted by Gasteiger charge is -2.45. The molecule has 1 aliphatic heterocycles. The standard InChI is InChI=1S/C66H50N2/c1-5-20-51-52-40-39-47(42-60(52)65(3,4)55(51)6-2)67(46-37-35-43(36-38-46)48-26-18-27-50-49-24-11-10-21-44(49)41-54(48)50)63-34-19-31-59-64(63)53-25-12-13-28-56(53)66(59)57-29-14-16-32-61(57)68(45-22-8-7-9-23-45)62-33-17-15-30-58(62)66/h5-40,42H,2,41H2,1,3-4H3/b20-5-. The van der Waals surface area contributed by atoms with Gasteiger partial charge in [0, 0.05) is 28.0 Å². The second-order valence-corrected chi connectivity index (χ2v) is 19.1. The fourth-order valence-electron chi connectivity index (χ4n) is 12.6. The lowest BCUT2D eigenvalue weighted by Crippen LogP contribution is -2.36. The van der Waals surface area contributed by atoms with Crippen molar-refractivity contribution in [3.05, 3.63) is 281 Å². The number of hydrogen-bond acceptors (Lipinski definition) is 2. The molecule has 9 aromatic rings. The largest absolute Gasteiger partial charge is 0.310 e. The zero-order valence-electron chi connectivity index (χ0n) is 38.7. The Morgan fingerprint density at radius 3 is 1.85 bits per heavy atom. The van der Waals surface area contributed by atoms with Crippen molar-refractivity contribution in [3.63, 3.8) is 0 Å². The smallest absolute Gasteiger partial charge is 0.0755 e. The first-order chi connectivity index (χ1) is 33.4. The van der Waals surface area contributed by atoms with E-state index in [1.165, 1.54) is 100 Å². The maximum absolute atomic E-state index is 4.32. The van der Waals surface area contributed by atoms with Crippen LogP contribution in [0.4, 0.5) is 34.1 Å². The Balaban J connectivity index is 1.05. The summed E-state index contributed by atoms with van der Waals surface area (Å²) in [5.74, 6) is 0. The SMILES string of the molecule is C=CC1=C(/C=C\C)c2ccc(N(c3ccc(-c4cccc5c4Cc4ccccc4-5)cc3)c3cccc4c3-c3ccccc3C43c4ccccc4N(c4ccccc4)c4ccccc43)cc2C1(C)C. The molecule has 0 amide bonds. The van der Waals surface area contributed by atoms with Crippen molar-refractivity contribution in [2.75, 3.05) is 9.80 Å². The lowest BCUT2D eigenvalue weighted by molar-refractivity contribution is 0.654. The first kappa shape index (κ1) is 40.1. The quantitative estimate of drug-likeness (QED) is 0.157. The summed E-state index contributed by atoms with van der Waals surface area (Å²) in [5.41, 5.74) is 26.8. The van der Waals surface area contributed by atoms with Crippen molar-refractivity contribution in [1.82, 2.24) is 0 Å². The zero-order chi connectivity index (χ0) is 45.7. The molecule has 0 aromatic heterocycles. The van der Waals surface area contributed by atoms with Crippen molar-refractivity contribution in [1.29, 1.82) is 0 Å². The summed E-state index contributed by atoms with van der Waals surface area (Å²) in [4.78, 5) is 4.98. The van der Waals surface area contributed by atoms with E-state index in [2.05, 4.69) is 262 Å². The van der Waals surface area contributed by atoms with Gasteiger partial charge in [-0.2, -0.15) is 0 Å². The van der Waals surface area contributed by atoms with E-state index in [1.54, 1.807) is 0 Å². The predicted molar refractivity (Wildman–Crippen MR) is 285 cm³/mol. The minimum Gasteiger partial charge on any atom is -0.310 e. The number of benzene rings is 9. The van der Waals surface area contributed by atoms with Gasteiger partial charge in [0.15, 0.2) is 0 Å². The summed E-state index contributed by atoms with van der Waals surface area (Å²) >= 11 is 0. The predicted octanol–water partition coefficient (Wildman–Crippen LogP) is 17.3. The lowest BCUT2D eigenvalue weighted by atomic mass is 9.64. The third-order valence-corrected chi connectivity index (χ3v) is 15.4. The van der Waals surface area contributed by atoms with E-state index in [0.29, 0.717) is 0 Å². The third kappa shape index (κ3) is 5.52. The van der Waals surface area contributed by atoms with E-state index in [9.17, 15) is 0 Å². The molecule has 324 valence electrons. The van der Waals surface area contributed by atoms with Crippen molar-refractivity contribution in [3.8, 4) is 33.4 Å².